The molecular weight excluding hydrogens is 258 g/mol. The van der Waals surface area contributed by atoms with Crippen LogP contribution in [0.25, 0.3) is 0 Å². The lowest BCUT2D eigenvalue weighted by molar-refractivity contribution is 0.621. The predicted molar refractivity (Wildman–Crippen MR) is 77.3 cm³/mol. The Morgan fingerprint density at radius 1 is 1.20 bits per heavy atom. The highest BCUT2D eigenvalue weighted by Gasteiger charge is 2.13. The van der Waals surface area contributed by atoms with Crippen LogP contribution in [0.2, 0.25) is 0 Å². The van der Waals surface area contributed by atoms with Gasteiger partial charge in [-0.05, 0) is 29.8 Å². The molecule has 0 aromatic heterocycles. The molecule has 2 aromatic carbocycles. The second kappa shape index (κ2) is 6.19. The van der Waals surface area contributed by atoms with Crippen LogP contribution in [-0.2, 0) is 6.54 Å². The van der Waals surface area contributed by atoms with Crippen molar-refractivity contribution in [3.05, 3.63) is 72.3 Å². The number of benzene rings is 2. The zero-order valence-electron chi connectivity index (χ0n) is 10.9. The maximum atomic E-state index is 14.0. The molecular formula is C16H15F2N2. The molecule has 103 valence electrons. The number of rotatable bonds is 5. The van der Waals surface area contributed by atoms with Crippen molar-refractivity contribution in [2.24, 2.45) is 0 Å². The average molecular weight is 273 g/mol. The first kappa shape index (κ1) is 14.1. The first-order valence-electron chi connectivity index (χ1n) is 6.17. The number of nitrogen functional groups attached to an aromatic ring is 1. The minimum Gasteiger partial charge on any atom is -0.396 e. The Hall–Kier alpha value is -2.36. The molecule has 0 bridgehead atoms. The van der Waals surface area contributed by atoms with Gasteiger partial charge in [0.25, 0.3) is 0 Å². The molecule has 20 heavy (non-hydrogen) atoms. The van der Waals surface area contributed by atoms with Crippen molar-refractivity contribution >= 4 is 11.4 Å². The van der Waals surface area contributed by atoms with Crippen LogP contribution in [0.3, 0.4) is 0 Å². The van der Waals surface area contributed by atoms with E-state index < -0.39 is 5.82 Å². The molecule has 0 spiro atoms. The van der Waals surface area contributed by atoms with E-state index in [2.05, 4.69) is 12.6 Å². The van der Waals surface area contributed by atoms with Crippen LogP contribution in [0.15, 0.2) is 49.1 Å². The molecule has 2 N–H and O–H groups in total. The molecule has 0 fully saturated rings. The number of nitrogens with zero attached hydrogens (tertiary/aromatic N) is 1. The van der Waals surface area contributed by atoms with Crippen molar-refractivity contribution in [1.29, 1.82) is 0 Å². The van der Waals surface area contributed by atoms with Crippen LogP contribution in [0, 0.1) is 17.7 Å². The molecule has 0 saturated carbocycles. The lowest BCUT2D eigenvalue weighted by Crippen LogP contribution is -2.24. The summed E-state index contributed by atoms with van der Waals surface area (Å²) in [5, 5.41) is 0. The van der Waals surface area contributed by atoms with E-state index in [4.69, 9.17) is 5.73 Å². The Kier molecular flexibility index (Phi) is 4.35. The molecule has 2 aromatic rings. The third-order valence-electron chi connectivity index (χ3n) is 2.92. The summed E-state index contributed by atoms with van der Waals surface area (Å²) in [6.45, 7) is 4.56. The summed E-state index contributed by atoms with van der Waals surface area (Å²) in [4.78, 5) is 1.78. The van der Waals surface area contributed by atoms with Gasteiger partial charge in [-0.2, -0.15) is 0 Å². The zero-order valence-corrected chi connectivity index (χ0v) is 10.9. The fraction of sp³-hybridized carbons (Fsp3) is 0.125. The fourth-order valence-corrected chi connectivity index (χ4v) is 1.94. The summed E-state index contributed by atoms with van der Waals surface area (Å²) in [6, 6.07) is 11.9. The molecule has 0 atom stereocenters. The first-order valence-corrected chi connectivity index (χ1v) is 6.17. The maximum Gasteiger partial charge on any atom is 0.169 e. The Labute approximate surface area is 117 Å². The van der Waals surface area contributed by atoms with Crippen molar-refractivity contribution in [3.8, 4) is 0 Å². The number of nitrogens with two attached hydrogens (primary N) is 1. The smallest absolute Gasteiger partial charge is 0.169 e. The quantitative estimate of drug-likeness (QED) is 0.667. The Morgan fingerprint density at radius 3 is 2.55 bits per heavy atom. The van der Waals surface area contributed by atoms with Gasteiger partial charge in [0.05, 0.1) is 11.4 Å². The van der Waals surface area contributed by atoms with Gasteiger partial charge < -0.3 is 10.6 Å². The van der Waals surface area contributed by atoms with Gasteiger partial charge in [0.15, 0.2) is 5.82 Å². The van der Waals surface area contributed by atoms with Gasteiger partial charge in [-0.15, -0.1) is 6.58 Å². The summed E-state index contributed by atoms with van der Waals surface area (Å²) in [5.74, 6) is -0.801. The second-order valence-electron chi connectivity index (χ2n) is 4.39. The lowest BCUT2D eigenvalue weighted by Gasteiger charge is -2.24. The van der Waals surface area contributed by atoms with E-state index in [9.17, 15) is 8.78 Å². The summed E-state index contributed by atoms with van der Waals surface area (Å²) in [5.41, 5.74) is 6.77. The van der Waals surface area contributed by atoms with Crippen molar-refractivity contribution in [1.82, 2.24) is 0 Å². The molecule has 2 rings (SSSR count). The van der Waals surface area contributed by atoms with E-state index in [1.54, 1.807) is 35.2 Å². The van der Waals surface area contributed by atoms with Crippen LogP contribution in [0.4, 0.5) is 20.2 Å². The largest absolute Gasteiger partial charge is 0.396 e. The van der Waals surface area contributed by atoms with E-state index in [-0.39, 0.29) is 11.5 Å². The highest BCUT2D eigenvalue weighted by atomic mass is 19.1. The zero-order chi connectivity index (χ0) is 14.5. The Bertz CT molecular complexity index is 594. The van der Waals surface area contributed by atoms with Gasteiger partial charge in [-0.25, -0.2) is 8.78 Å². The monoisotopic (exact) mass is 273 g/mol. The highest BCUT2D eigenvalue weighted by Crippen LogP contribution is 2.25. The summed E-state index contributed by atoms with van der Waals surface area (Å²) in [6.07, 6.45) is 1.68. The molecule has 0 aliphatic rings. The van der Waals surface area contributed by atoms with Gasteiger partial charge in [0.1, 0.15) is 5.82 Å². The molecule has 4 heteroatoms. The van der Waals surface area contributed by atoms with Gasteiger partial charge >= 0.3 is 0 Å². The van der Waals surface area contributed by atoms with Gasteiger partial charge in [0.2, 0.25) is 0 Å². The summed E-state index contributed by atoms with van der Waals surface area (Å²) < 4.78 is 27.0. The average Bonchev–Trinajstić information content (AvgIpc) is 2.44. The van der Waals surface area contributed by atoms with E-state index in [0.29, 0.717) is 18.8 Å². The predicted octanol–water partition coefficient (Wildman–Crippen LogP) is 3.54. The van der Waals surface area contributed by atoms with Crippen molar-refractivity contribution in [2.45, 2.75) is 6.54 Å². The van der Waals surface area contributed by atoms with Crippen LogP contribution >= 0.6 is 0 Å². The van der Waals surface area contributed by atoms with Gasteiger partial charge in [0, 0.05) is 19.2 Å². The Balaban J connectivity index is 2.29. The van der Waals surface area contributed by atoms with Crippen LogP contribution < -0.4 is 10.6 Å². The third kappa shape index (κ3) is 3.15. The van der Waals surface area contributed by atoms with E-state index >= 15 is 0 Å². The summed E-state index contributed by atoms with van der Waals surface area (Å²) >= 11 is 0. The SMILES string of the molecule is C=CCN(Cc1ccc(F)cc1)c1cc[c]c(N)c1F. The van der Waals surface area contributed by atoms with Crippen molar-refractivity contribution < 1.29 is 8.78 Å². The number of anilines is 2. The minimum atomic E-state index is -0.503. The number of hydrogen-bond donors (Lipinski definition) is 1. The van der Waals surface area contributed by atoms with Crippen molar-refractivity contribution in [2.75, 3.05) is 17.2 Å². The molecule has 0 aliphatic heterocycles. The molecule has 2 nitrogen and oxygen atoms in total. The van der Waals surface area contributed by atoms with Gasteiger partial charge in [-0.1, -0.05) is 18.2 Å². The second-order valence-corrected chi connectivity index (χ2v) is 4.39. The number of halogens is 2. The Morgan fingerprint density at radius 2 is 1.90 bits per heavy atom. The normalized spacial score (nSPS) is 10.3. The lowest BCUT2D eigenvalue weighted by atomic mass is 10.1. The first-order chi connectivity index (χ1) is 9.61. The molecule has 0 unspecified atom stereocenters. The molecule has 0 saturated heterocycles. The van der Waals surface area contributed by atoms with Crippen LogP contribution in [0.1, 0.15) is 5.56 Å². The van der Waals surface area contributed by atoms with Crippen molar-refractivity contribution in [3.63, 3.8) is 0 Å². The molecule has 0 aliphatic carbocycles. The standard InChI is InChI=1S/C16H15F2N2/c1-2-10-20(11-12-6-8-13(17)9-7-12)15-5-3-4-14(19)16(15)18/h2-3,5-9H,1,10-11,19H2. The minimum absolute atomic E-state index is 0.0179. The molecule has 0 amide bonds. The highest BCUT2D eigenvalue weighted by molar-refractivity contribution is 5.57. The molecule has 1 radical (unpaired) electrons. The third-order valence-corrected chi connectivity index (χ3v) is 2.92. The molecule has 0 heterocycles. The fourth-order valence-electron chi connectivity index (χ4n) is 1.94. The van der Waals surface area contributed by atoms with Gasteiger partial charge in [-0.3, -0.25) is 0 Å². The topological polar surface area (TPSA) is 29.3 Å². The summed E-state index contributed by atoms with van der Waals surface area (Å²) in [7, 11) is 0. The van der Waals surface area contributed by atoms with E-state index in [0.717, 1.165) is 5.56 Å². The number of hydrogen-bond acceptors (Lipinski definition) is 2. The van der Waals surface area contributed by atoms with Crippen LogP contribution in [-0.4, -0.2) is 6.54 Å². The van der Waals surface area contributed by atoms with Crippen LogP contribution in [0.5, 0.6) is 0 Å². The van der Waals surface area contributed by atoms with E-state index in [1.807, 2.05) is 0 Å². The van der Waals surface area contributed by atoms with E-state index in [1.165, 1.54) is 12.1 Å². The maximum absolute atomic E-state index is 14.0.